The summed E-state index contributed by atoms with van der Waals surface area (Å²) in [4.78, 5) is 0. The first kappa shape index (κ1) is 14.4. The largest absolute Gasteiger partial charge is 0.494 e. The van der Waals surface area contributed by atoms with Crippen LogP contribution in [0.1, 0.15) is 25.3 Å². The van der Waals surface area contributed by atoms with E-state index in [9.17, 15) is 0 Å². The second-order valence-corrected chi connectivity index (χ2v) is 4.45. The number of aryl methyl sites for hydroxylation is 1. The molecule has 0 aliphatic carbocycles. The van der Waals surface area contributed by atoms with Crippen LogP contribution in [0.15, 0.2) is 24.3 Å². The van der Waals surface area contributed by atoms with Crippen LogP contribution >= 0.6 is 12.6 Å². The molecular formula is C14H23NOS. The predicted octanol–water partition coefficient (Wildman–Crippen LogP) is 2.93. The molecule has 0 aromatic heterocycles. The highest BCUT2D eigenvalue weighted by Crippen LogP contribution is 2.13. The van der Waals surface area contributed by atoms with Crippen LogP contribution in [-0.4, -0.2) is 25.4 Å². The van der Waals surface area contributed by atoms with Gasteiger partial charge >= 0.3 is 0 Å². The molecule has 1 N–H and O–H groups in total. The summed E-state index contributed by atoms with van der Waals surface area (Å²) in [5.74, 6) is 1.88. The number of hydrogen-bond donors (Lipinski definition) is 2. The maximum Gasteiger partial charge on any atom is 0.119 e. The Kier molecular flexibility index (Phi) is 7.93. The highest BCUT2D eigenvalue weighted by molar-refractivity contribution is 7.80. The van der Waals surface area contributed by atoms with Gasteiger partial charge in [0.15, 0.2) is 0 Å². The number of rotatable bonds is 9. The molecular weight excluding hydrogens is 230 g/mol. The minimum absolute atomic E-state index is 0.732. The average Bonchev–Trinajstić information content (AvgIpc) is 2.36. The van der Waals surface area contributed by atoms with Crippen molar-refractivity contribution < 1.29 is 4.74 Å². The van der Waals surface area contributed by atoms with Crippen molar-refractivity contribution >= 4 is 12.6 Å². The molecule has 0 unspecified atom stereocenters. The normalized spacial score (nSPS) is 10.5. The van der Waals surface area contributed by atoms with E-state index in [2.05, 4.69) is 42.2 Å². The van der Waals surface area contributed by atoms with Gasteiger partial charge in [-0.1, -0.05) is 12.1 Å². The van der Waals surface area contributed by atoms with Crippen LogP contribution in [0.3, 0.4) is 0 Å². The lowest BCUT2D eigenvalue weighted by molar-refractivity contribution is 0.340. The highest BCUT2D eigenvalue weighted by Gasteiger charge is 1.95. The third-order valence-electron chi connectivity index (χ3n) is 2.59. The van der Waals surface area contributed by atoms with E-state index in [1.807, 2.05) is 6.92 Å². The van der Waals surface area contributed by atoms with Gasteiger partial charge in [-0.25, -0.2) is 0 Å². The maximum absolute atomic E-state index is 5.41. The first-order valence-electron chi connectivity index (χ1n) is 6.40. The Morgan fingerprint density at radius 2 is 1.88 bits per heavy atom. The van der Waals surface area contributed by atoms with Crippen molar-refractivity contribution in [2.45, 2.75) is 26.2 Å². The van der Waals surface area contributed by atoms with Crippen LogP contribution < -0.4 is 10.1 Å². The molecule has 0 saturated carbocycles. The average molecular weight is 253 g/mol. The Labute approximate surface area is 110 Å². The summed E-state index contributed by atoms with van der Waals surface area (Å²) in [6, 6.07) is 8.42. The third-order valence-corrected chi connectivity index (χ3v) is 2.82. The Bertz CT molecular complexity index is 287. The zero-order valence-electron chi connectivity index (χ0n) is 10.6. The molecule has 0 bridgehead atoms. The third kappa shape index (κ3) is 6.59. The fraction of sp³-hybridized carbons (Fsp3) is 0.571. The molecule has 1 aromatic rings. The summed E-state index contributed by atoms with van der Waals surface area (Å²) >= 11 is 4.16. The first-order chi connectivity index (χ1) is 8.36. The van der Waals surface area contributed by atoms with Crippen molar-refractivity contribution in [2.24, 2.45) is 0 Å². The molecule has 3 heteroatoms. The predicted molar refractivity (Wildman–Crippen MR) is 77.3 cm³/mol. The van der Waals surface area contributed by atoms with Gasteiger partial charge in [0.1, 0.15) is 5.75 Å². The zero-order chi connectivity index (χ0) is 12.3. The monoisotopic (exact) mass is 253 g/mol. The zero-order valence-corrected chi connectivity index (χ0v) is 11.5. The van der Waals surface area contributed by atoms with Gasteiger partial charge in [0.2, 0.25) is 0 Å². The van der Waals surface area contributed by atoms with Crippen molar-refractivity contribution in [3.05, 3.63) is 29.8 Å². The molecule has 96 valence electrons. The standard InChI is InChI=1S/C14H23NOS/c1-2-16-14-8-6-13(7-9-14)5-3-4-10-15-11-12-17/h6-9,15,17H,2-5,10-12H2,1H3. The van der Waals surface area contributed by atoms with Gasteiger partial charge in [0.25, 0.3) is 0 Å². The molecule has 0 radical (unpaired) electrons. The molecule has 2 nitrogen and oxygen atoms in total. The fourth-order valence-corrected chi connectivity index (χ4v) is 1.86. The van der Waals surface area contributed by atoms with Crippen molar-refractivity contribution in [1.29, 1.82) is 0 Å². The molecule has 0 heterocycles. The van der Waals surface area contributed by atoms with Crippen LogP contribution in [0.5, 0.6) is 5.75 Å². The molecule has 0 amide bonds. The molecule has 0 saturated heterocycles. The topological polar surface area (TPSA) is 21.3 Å². The van der Waals surface area contributed by atoms with E-state index in [1.165, 1.54) is 18.4 Å². The first-order valence-corrected chi connectivity index (χ1v) is 7.03. The van der Waals surface area contributed by atoms with Crippen LogP contribution in [0, 0.1) is 0 Å². The molecule has 0 aliphatic heterocycles. The van der Waals surface area contributed by atoms with E-state index in [0.717, 1.165) is 37.6 Å². The lowest BCUT2D eigenvalue weighted by Crippen LogP contribution is -2.17. The number of nitrogens with one attached hydrogen (secondary N) is 1. The Hall–Kier alpha value is -0.670. The minimum atomic E-state index is 0.732. The quantitative estimate of drug-likeness (QED) is 0.521. The van der Waals surface area contributed by atoms with E-state index in [0.29, 0.717) is 0 Å². The Morgan fingerprint density at radius 1 is 1.12 bits per heavy atom. The molecule has 0 atom stereocenters. The van der Waals surface area contributed by atoms with Crippen molar-refractivity contribution in [2.75, 3.05) is 25.4 Å². The molecule has 0 spiro atoms. The van der Waals surface area contributed by atoms with E-state index >= 15 is 0 Å². The lowest BCUT2D eigenvalue weighted by atomic mass is 10.1. The van der Waals surface area contributed by atoms with Gasteiger partial charge in [-0.2, -0.15) is 12.6 Å². The van der Waals surface area contributed by atoms with Gasteiger partial charge in [0, 0.05) is 12.3 Å². The fourth-order valence-electron chi connectivity index (χ4n) is 1.70. The maximum atomic E-state index is 5.41. The van der Waals surface area contributed by atoms with Gasteiger partial charge < -0.3 is 10.1 Å². The SMILES string of the molecule is CCOc1ccc(CCCCNCCS)cc1. The summed E-state index contributed by atoms with van der Waals surface area (Å²) < 4.78 is 5.41. The molecule has 1 aromatic carbocycles. The summed E-state index contributed by atoms with van der Waals surface area (Å²) in [6.07, 6.45) is 3.60. The number of hydrogen-bond acceptors (Lipinski definition) is 3. The second kappa shape index (κ2) is 9.37. The summed E-state index contributed by atoms with van der Waals surface area (Å²) in [6.45, 7) is 4.84. The van der Waals surface area contributed by atoms with Gasteiger partial charge in [-0.3, -0.25) is 0 Å². The second-order valence-electron chi connectivity index (χ2n) is 4.01. The van der Waals surface area contributed by atoms with Crippen molar-refractivity contribution in [3.8, 4) is 5.75 Å². The summed E-state index contributed by atoms with van der Waals surface area (Å²) in [5.41, 5.74) is 1.39. The molecule has 0 fully saturated rings. The Balaban J connectivity index is 2.14. The molecule has 17 heavy (non-hydrogen) atoms. The smallest absolute Gasteiger partial charge is 0.119 e. The van der Waals surface area contributed by atoms with E-state index < -0.39 is 0 Å². The van der Waals surface area contributed by atoms with Crippen LogP contribution in [0.2, 0.25) is 0 Å². The van der Waals surface area contributed by atoms with Crippen molar-refractivity contribution in [1.82, 2.24) is 5.32 Å². The van der Waals surface area contributed by atoms with Gasteiger partial charge in [-0.05, 0) is 50.4 Å². The lowest BCUT2D eigenvalue weighted by Gasteiger charge is -2.05. The molecule has 0 aliphatic rings. The van der Waals surface area contributed by atoms with Crippen molar-refractivity contribution in [3.63, 3.8) is 0 Å². The van der Waals surface area contributed by atoms with Crippen LogP contribution in [0.25, 0.3) is 0 Å². The Morgan fingerprint density at radius 3 is 2.53 bits per heavy atom. The number of benzene rings is 1. The minimum Gasteiger partial charge on any atom is -0.494 e. The number of thiol groups is 1. The van der Waals surface area contributed by atoms with Gasteiger partial charge in [0.05, 0.1) is 6.61 Å². The highest BCUT2D eigenvalue weighted by atomic mass is 32.1. The number of ether oxygens (including phenoxy) is 1. The summed E-state index contributed by atoms with van der Waals surface area (Å²) in [5, 5.41) is 3.35. The van der Waals surface area contributed by atoms with Crippen LogP contribution in [0.4, 0.5) is 0 Å². The van der Waals surface area contributed by atoms with E-state index in [4.69, 9.17) is 4.74 Å². The van der Waals surface area contributed by atoms with Crippen LogP contribution in [-0.2, 0) is 6.42 Å². The summed E-state index contributed by atoms with van der Waals surface area (Å²) in [7, 11) is 0. The van der Waals surface area contributed by atoms with E-state index in [1.54, 1.807) is 0 Å². The van der Waals surface area contributed by atoms with E-state index in [-0.39, 0.29) is 0 Å². The number of unbranched alkanes of at least 4 members (excludes halogenated alkanes) is 1. The molecule has 1 rings (SSSR count). The van der Waals surface area contributed by atoms with Gasteiger partial charge in [-0.15, -0.1) is 0 Å².